The average molecular weight is 291 g/mol. The topological polar surface area (TPSA) is 45.7 Å². The number of aliphatic imine (C=N–C) groups is 1. The first kappa shape index (κ1) is 17.3. The predicted octanol–water partition coefficient (Wildman–Crippen LogP) is 3.15. The Morgan fingerprint density at radius 2 is 1.90 bits per heavy atom. The van der Waals surface area contributed by atoms with Crippen molar-refractivity contribution in [1.82, 2.24) is 10.6 Å². The van der Waals surface area contributed by atoms with Crippen molar-refractivity contribution in [3.8, 4) is 5.75 Å². The highest BCUT2D eigenvalue weighted by Crippen LogP contribution is 2.25. The monoisotopic (exact) mass is 291 g/mol. The second-order valence-corrected chi connectivity index (χ2v) is 6.41. The van der Waals surface area contributed by atoms with Crippen LogP contribution in [-0.4, -0.2) is 31.7 Å². The summed E-state index contributed by atoms with van der Waals surface area (Å²) in [5.74, 6) is 2.22. The van der Waals surface area contributed by atoms with E-state index < -0.39 is 0 Å². The van der Waals surface area contributed by atoms with Crippen molar-refractivity contribution in [2.75, 3.05) is 20.2 Å². The molecule has 1 rings (SSSR count). The van der Waals surface area contributed by atoms with Crippen molar-refractivity contribution in [2.24, 2.45) is 4.99 Å². The minimum Gasteiger partial charge on any atom is -0.491 e. The van der Waals surface area contributed by atoms with Crippen molar-refractivity contribution in [3.63, 3.8) is 0 Å². The van der Waals surface area contributed by atoms with Gasteiger partial charge in [0.25, 0.3) is 0 Å². The molecule has 0 atom stereocenters. The van der Waals surface area contributed by atoms with Crippen LogP contribution in [0.15, 0.2) is 29.3 Å². The average Bonchev–Trinajstić information content (AvgIpc) is 2.41. The van der Waals surface area contributed by atoms with Crippen LogP contribution >= 0.6 is 0 Å². The van der Waals surface area contributed by atoms with E-state index in [4.69, 9.17) is 4.74 Å². The molecule has 0 aromatic heterocycles. The lowest BCUT2D eigenvalue weighted by atomic mass is 10.0. The maximum atomic E-state index is 5.88. The van der Waals surface area contributed by atoms with Gasteiger partial charge in [0.15, 0.2) is 5.96 Å². The Kier molecular flexibility index (Phi) is 6.53. The number of hydrogen-bond acceptors (Lipinski definition) is 2. The Hall–Kier alpha value is -1.71. The smallest absolute Gasteiger partial charge is 0.191 e. The van der Waals surface area contributed by atoms with Crippen molar-refractivity contribution in [3.05, 3.63) is 29.8 Å². The van der Waals surface area contributed by atoms with Crippen molar-refractivity contribution in [1.29, 1.82) is 0 Å². The van der Waals surface area contributed by atoms with E-state index in [2.05, 4.69) is 62.4 Å². The van der Waals surface area contributed by atoms with Crippen LogP contribution in [0.1, 0.15) is 46.1 Å². The standard InChI is InChI=1S/C17H29N3O/c1-13(2)14-9-7-8-10-15(14)21-12-11-19-16(18-6)20-17(3,4)5/h7-10,13H,11-12H2,1-6H3,(H2,18,19,20). The Morgan fingerprint density at radius 1 is 1.24 bits per heavy atom. The summed E-state index contributed by atoms with van der Waals surface area (Å²) < 4.78 is 5.88. The zero-order valence-electron chi connectivity index (χ0n) is 14.2. The molecular formula is C17H29N3O. The van der Waals surface area contributed by atoms with Gasteiger partial charge in [-0.25, -0.2) is 0 Å². The van der Waals surface area contributed by atoms with E-state index in [1.165, 1.54) is 5.56 Å². The van der Waals surface area contributed by atoms with E-state index in [-0.39, 0.29) is 5.54 Å². The molecule has 1 aromatic rings. The third-order valence-corrected chi connectivity index (χ3v) is 2.91. The Morgan fingerprint density at radius 3 is 2.48 bits per heavy atom. The molecule has 0 amide bonds. The maximum absolute atomic E-state index is 5.88. The van der Waals surface area contributed by atoms with Crippen LogP contribution < -0.4 is 15.4 Å². The van der Waals surface area contributed by atoms with E-state index in [1.54, 1.807) is 7.05 Å². The van der Waals surface area contributed by atoms with Gasteiger partial charge in [-0.2, -0.15) is 0 Å². The van der Waals surface area contributed by atoms with Gasteiger partial charge in [-0.05, 0) is 38.3 Å². The summed E-state index contributed by atoms with van der Waals surface area (Å²) in [5, 5.41) is 6.58. The van der Waals surface area contributed by atoms with E-state index >= 15 is 0 Å². The van der Waals surface area contributed by atoms with E-state index in [0.29, 0.717) is 19.1 Å². The van der Waals surface area contributed by atoms with Gasteiger partial charge in [0, 0.05) is 12.6 Å². The highest BCUT2D eigenvalue weighted by molar-refractivity contribution is 5.80. The zero-order chi connectivity index (χ0) is 15.9. The molecule has 0 aliphatic heterocycles. The minimum atomic E-state index is -0.00700. The van der Waals surface area contributed by atoms with Crippen molar-refractivity contribution >= 4 is 5.96 Å². The van der Waals surface area contributed by atoms with E-state index in [1.807, 2.05) is 12.1 Å². The number of guanidine groups is 1. The van der Waals surface area contributed by atoms with Gasteiger partial charge in [-0.15, -0.1) is 0 Å². The molecule has 118 valence electrons. The molecule has 21 heavy (non-hydrogen) atoms. The fourth-order valence-electron chi connectivity index (χ4n) is 1.95. The molecule has 0 fully saturated rings. The quantitative estimate of drug-likeness (QED) is 0.498. The minimum absolute atomic E-state index is 0.00700. The van der Waals surface area contributed by atoms with Crippen LogP contribution in [0.5, 0.6) is 5.75 Å². The highest BCUT2D eigenvalue weighted by Gasteiger charge is 2.11. The molecule has 2 N–H and O–H groups in total. The van der Waals surface area contributed by atoms with E-state index in [9.17, 15) is 0 Å². The number of ether oxygens (including phenoxy) is 1. The normalized spacial score (nSPS) is 12.4. The zero-order valence-corrected chi connectivity index (χ0v) is 14.2. The molecule has 0 heterocycles. The van der Waals surface area contributed by atoms with Crippen LogP contribution in [0.4, 0.5) is 0 Å². The Bertz CT molecular complexity index is 461. The van der Waals surface area contributed by atoms with Gasteiger partial charge in [0.05, 0.1) is 6.54 Å². The molecule has 0 spiro atoms. The van der Waals surface area contributed by atoms with Gasteiger partial charge < -0.3 is 15.4 Å². The second kappa shape index (κ2) is 7.91. The first-order chi connectivity index (χ1) is 9.83. The van der Waals surface area contributed by atoms with E-state index in [0.717, 1.165) is 11.7 Å². The maximum Gasteiger partial charge on any atom is 0.191 e. The largest absolute Gasteiger partial charge is 0.491 e. The van der Waals surface area contributed by atoms with Crippen LogP contribution in [0.25, 0.3) is 0 Å². The molecule has 0 bridgehead atoms. The lowest BCUT2D eigenvalue weighted by Gasteiger charge is -2.23. The predicted molar refractivity (Wildman–Crippen MR) is 90.3 cm³/mol. The van der Waals surface area contributed by atoms with Crippen molar-refractivity contribution in [2.45, 2.75) is 46.1 Å². The summed E-state index contributed by atoms with van der Waals surface area (Å²) in [6, 6.07) is 8.20. The molecule has 0 unspecified atom stereocenters. The van der Waals surface area contributed by atoms with Gasteiger partial charge in [-0.3, -0.25) is 4.99 Å². The Labute approximate surface area is 129 Å². The lowest BCUT2D eigenvalue weighted by Crippen LogP contribution is -2.48. The number of benzene rings is 1. The second-order valence-electron chi connectivity index (χ2n) is 6.41. The summed E-state index contributed by atoms with van der Waals surface area (Å²) in [6.45, 7) is 12.0. The van der Waals surface area contributed by atoms with Crippen LogP contribution in [0, 0.1) is 0 Å². The molecule has 1 aromatic carbocycles. The number of nitrogens with zero attached hydrogens (tertiary/aromatic N) is 1. The fourth-order valence-corrected chi connectivity index (χ4v) is 1.95. The fraction of sp³-hybridized carbons (Fsp3) is 0.588. The SMILES string of the molecule is CN=C(NCCOc1ccccc1C(C)C)NC(C)(C)C. The lowest BCUT2D eigenvalue weighted by molar-refractivity contribution is 0.316. The summed E-state index contributed by atoms with van der Waals surface area (Å²) in [6.07, 6.45) is 0. The number of para-hydroxylation sites is 1. The van der Waals surface area contributed by atoms with Crippen molar-refractivity contribution < 1.29 is 4.74 Å². The molecule has 0 radical (unpaired) electrons. The molecule has 0 saturated heterocycles. The summed E-state index contributed by atoms with van der Waals surface area (Å²) in [4.78, 5) is 4.20. The third-order valence-electron chi connectivity index (χ3n) is 2.91. The first-order valence-electron chi connectivity index (χ1n) is 7.54. The van der Waals surface area contributed by atoms with Crippen LogP contribution in [-0.2, 0) is 0 Å². The highest BCUT2D eigenvalue weighted by atomic mass is 16.5. The van der Waals surface area contributed by atoms with Crippen LogP contribution in [0.3, 0.4) is 0 Å². The molecule has 0 aliphatic carbocycles. The molecule has 0 saturated carbocycles. The van der Waals surface area contributed by atoms with Gasteiger partial charge in [-0.1, -0.05) is 32.0 Å². The Balaban J connectivity index is 2.44. The molecule has 4 heteroatoms. The molecule has 0 aliphatic rings. The first-order valence-corrected chi connectivity index (χ1v) is 7.54. The number of nitrogens with one attached hydrogen (secondary N) is 2. The molecule has 4 nitrogen and oxygen atoms in total. The summed E-state index contributed by atoms with van der Waals surface area (Å²) in [5.41, 5.74) is 1.24. The number of rotatable bonds is 5. The van der Waals surface area contributed by atoms with Gasteiger partial charge in [0.2, 0.25) is 0 Å². The van der Waals surface area contributed by atoms with Crippen LogP contribution in [0.2, 0.25) is 0 Å². The third kappa shape index (κ3) is 6.52. The summed E-state index contributed by atoms with van der Waals surface area (Å²) >= 11 is 0. The van der Waals surface area contributed by atoms with Gasteiger partial charge in [0.1, 0.15) is 12.4 Å². The van der Waals surface area contributed by atoms with Gasteiger partial charge >= 0.3 is 0 Å². The molecular weight excluding hydrogens is 262 g/mol. The summed E-state index contributed by atoms with van der Waals surface area (Å²) in [7, 11) is 1.77. The number of hydrogen-bond donors (Lipinski definition) is 2.